The van der Waals surface area contributed by atoms with Gasteiger partial charge in [0.15, 0.2) is 0 Å². The van der Waals surface area contributed by atoms with E-state index in [0.29, 0.717) is 16.9 Å². The zero-order valence-electron chi connectivity index (χ0n) is 16.7. The Balaban J connectivity index is 1.65. The second-order valence-corrected chi connectivity index (χ2v) is 7.83. The number of nitrogens with one attached hydrogen (secondary N) is 1. The summed E-state index contributed by atoms with van der Waals surface area (Å²) < 4.78 is 2.66. The fourth-order valence-electron chi connectivity index (χ4n) is 3.71. The zero-order chi connectivity index (χ0) is 20.3. The summed E-state index contributed by atoms with van der Waals surface area (Å²) >= 11 is 5.58. The van der Waals surface area contributed by atoms with E-state index in [0.717, 1.165) is 48.4 Å². The molecule has 1 aliphatic rings. The van der Waals surface area contributed by atoms with Crippen molar-refractivity contribution < 1.29 is 4.79 Å². The number of pyridine rings is 1. The molecular weight excluding hydrogens is 368 g/mol. The molecule has 1 saturated heterocycles. The van der Waals surface area contributed by atoms with E-state index in [4.69, 9.17) is 12.2 Å². The molecule has 0 aliphatic carbocycles. The summed E-state index contributed by atoms with van der Waals surface area (Å²) in [6.07, 6.45) is 1.64. The van der Waals surface area contributed by atoms with Crippen LogP contribution in [-0.4, -0.2) is 28.5 Å². The third-order valence-corrected chi connectivity index (χ3v) is 6.22. The first-order valence-electron chi connectivity index (χ1n) is 9.61. The van der Waals surface area contributed by atoms with Gasteiger partial charge in [-0.05, 0) is 56.9 Å². The number of benzene rings is 1. The van der Waals surface area contributed by atoms with Crippen LogP contribution in [0.25, 0.3) is 0 Å². The second-order valence-electron chi connectivity index (χ2n) is 7.44. The average molecular weight is 395 g/mol. The molecular formula is C22H26N4OS. The lowest BCUT2D eigenvalue weighted by Gasteiger charge is -2.32. The van der Waals surface area contributed by atoms with Crippen LogP contribution in [0.15, 0.2) is 30.3 Å². The predicted octanol–water partition coefficient (Wildman–Crippen LogP) is 4.32. The van der Waals surface area contributed by atoms with Crippen molar-refractivity contribution in [2.45, 2.75) is 40.3 Å². The number of carbonyl (C=O) groups is 1. The maximum atomic E-state index is 12.5. The molecule has 2 heterocycles. The fraction of sp³-hybridized carbons (Fsp3) is 0.409. The molecule has 0 unspecified atom stereocenters. The van der Waals surface area contributed by atoms with Crippen molar-refractivity contribution in [3.63, 3.8) is 0 Å². The number of amides is 1. The molecule has 6 heteroatoms. The Bertz CT molecular complexity index is 967. The molecule has 1 aliphatic heterocycles. The van der Waals surface area contributed by atoms with Crippen molar-refractivity contribution in [3.05, 3.63) is 57.4 Å². The van der Waals surface area contributed by atoms with Crippen LogP contribution in [0.3, 0.4) is 0 Å². The Hall–Kier alpha value is -2.49. The minimum Gasteiger partial charge on any atom is -0.326 e. The van der Waals surface area contributed by atoms with Gasteiger partial charge in [-0.3, -0.25) is 9.69 Å². The lowest BCUT2D eigenvalue weighted by Crippen LogP contribution is -2.39. The SMILES string of the molecule is Cc1c(C)c(C)n(CN2CCC(C(=O)Nc3ccccc3)CC2)c(=S)c1C#N. The van der Waals surface area contributed by atoms with Gasteiger partial charge in [0, 0.05) is 30.4 Å². The van der Waals surface area contributed by atoms with Gasteiger partial charge in [-0.15, -0.1) is 0 Å². The highest BCUT2D eigenvalue weighted by Crippen LogP contribution is 2.23. The average Bonchev–Trinajstić information content (AvgIpc) is 2.71. The zero-order valence-corrected chi connectivity index (χ0v) is 17.5. The molecule has 146 valence electrons. The van der Waals surface area contributed by atoms with Crippen LogP contribution in [-0.2, 0) is 11.5 Å². The van der Waals surface area contributed by atoms with Crippen molar-refractivity contribution >= 4 is 23.8 Å². The molecule has 1 fully saturated rings. The predicted molar refractivity (Wildman–Crippen MR) is 114 cm³/mol. The fourth-order valence-corrected chi connectivity index (χ4v) is 4.11. The Labute approximate surface area is 171 Å². The topological polar surface area (TPSA) is 61.1 Å². The molecule has 1 amide bonds. The number of likely N-dealkylation sites (tertiary alicyclic amines) is 1. The van der Waals surface area contributed by atoms with Crippen LogP contribution in [0.4, 0.5) is 5.69 Å². The molecule has 1 aromatic carbocycles. The van der Waals surface area contributed by atoms with E-state index in [1.54, 1.807) is 0 Å². The van der Waals surface area contributed by atoms with E-state index < -0.39 is 0 Å². The van der Waals surface area contributed by atoms with Gasteiger partial charge < -0.3 is 9.88 Å². The van der Waals surface area contributed by atoms with Crippen LogP contribution >= 0.6 is 12.2 Å². The summed E-state index contributed by atoms with van der Waals surface area (Å²) in [6, 6.07) is 11.8. The smallest absolute Gasteiger partial charge is 0.227 e. The number of anilines is 1. The maximum absolute atomic E-state index is 12.5. The minimum absolute atomic E-state index is 0.0277. The number of carbonyl (C=O) groups excluding carboxylic acids is 1. The number of aromatic nitrogens is 1. The van der Waals surface area contributed by atoms with Crippen LogP contribution in [0.1, 0.15) is 35.2 Å². The normalized spacial score (nSPS) is 15.2. The van der Waals surface area contributed by atoms with Crippen molar-refractivity contribution in [1.29, 1.82) is 5.26 Å². The Morgan fingerprint density at radius 1 is 1.18 bits per heavy atom. The number of hydrogen-bond donors (Lipinski definition) is 1. The van der Waals surface area contributed by atoms with Crippen molar-refractivity contribution in [2.24, 2.45) is 5.92 Å². The Morgan fingerprint density at radius 2 is 1.82 bits per heavy atom. The van der Waals surface area contributed by atoms with Crippen LogP contribution in [0.2, 0.25) is 0 Å². The number of nitrogens with zero attached hydrogens (tertiary/aromatic N) is 3. The summed E-state index contributed by atoms with van der Waals surface area (Å²) in [5.74, 6) is 0.122. The molecule has 0 atom stereocenters. The Morgan fingerprint density at radius 3 is 2.43 bits per heavy atom. The van der Waals surface area contributed by atoms with E-state index in [9.17, 15) is 10.1 Å². The molecule has 3 rings (SSSR count). The lowest BCUT2D eigenvalue weighted by atomic mass is 9.96. The molecule has 5 nitrogen and oxygen atoms in total. The van der Waals surface area contributed by atoms with Gasteiger partial charge in [-0.25, -0.2) is 0 Å². The standard InChI is InChI=1S/C22H26N4OS/c1-15-16(2)20(13-23)22(28)26(17(15)3)14-25-11-9-18(10-12-25)21(27)24-19-7-5-4-6-8-19/h4-8,18H,9-12,14H2,1-3H3,(H,24,27). The van der Waals surface area contributed by atoms with Crippen molar-refractivity contribution in [3.8, 4) is 6.07 Å². The third kappa shape index (κ3) is 4.16. The minimum atomic E-state index is 0.0277. The first kappa shape index (κ1) is 20.2. The highest BCUT2D eigenvalue weighted by atomic mass is 32.1. The van der Waals surface area contributed by atoms with E-state index in [1.807, 2.05) is 44.2 Å². The monoisotopic (exact) mass is 394 g/mol. The first-order chi connectivity index (χ1) is 13.4. The van der Waals surface area contributed by atoms with E-state index in [1.165, 1.54) is 0 Å². The van der Waals surface area contributed by atoms with Crippen LogP contribution in [0, 0.1) is 42.7 Å². The van der Waals surface area contributed by atoms with Gasteiger partial charge in [-0.1, -0.05) is 30.4 Å². The van der Waals surface area contributed by atoms with Crippen LogP contribution in [0.5, 0.6) is 0 Å². The first-order valence-corrected chi connectivity index (χ1v) is 10.0. The molecule has 0 bridgehead atoms. The third-order valence-electron chi connectivity index (χ3n) is 5.80. The highest BCUT2D eigenvalue weighted by molar-refractivity contribution is 7.71. The second kappa shape index (κ2) is 8.68. The molecule has 1 N–H and O–H groups in total. The number of hydrogen-bond acceptors (Lipinski definition) is 4. The Kier molecular flexibility index (Phi) is 6.28. The molecule has 28 heavy (non-hydrogen) atoms. The van der Waals surface area contributed by atoms with E-state index in [2.05, 4.69) is 27.8 Å². The summed E-state index contributed by atoms with van der Waals surface area (Å²) in [4.78, 5) is 14.8. The van der Waals surface area contributed by atoms with Gasteiger partial charge >= 0.3 is 0 Å². The number of rotatable bonds is 4. The maximum Gasteiger partial charge on any atom is 0.227 e. The molecule has 0 saturated carbocycles. The molecule has 0 spiro atoms. The largest absolute Gasteiger partial charge is 0.326 e. The number of nitriles is 1. The summed E-state index contributed by atoms with van der Waals surface area (Å²) in [7, 11) is 0. The van der Waals surface area contributed by atoms with E-state index in [-0.39, 0.29) is 11.8 Å². The van der Waals surface area contributed by atoms with Crippen molar-refractivity contribution in [1.82, 2.24) is 9.47 Å². The highest BCUT2D eigenvalue weighted by Gasteiger charge is 2.25. The van der Waals surface area contributed by atoms with Gasteiger partial charge in [-0.2, -0.15) is 5.26 Å². The molecule has 0 radical (unpaired) electrons. The summed E-state index contributed by atoms with van der Waals surface area (Å²) in [5.41, 5.74) is 4.62. The van der Waals surface area contributed by atoms with Gasteiger partial charge in [0.1, 0.15) is 10.7 Å². The number of para-hydroxylation sites is 1. The molecule has 1 aromatic heterocycles. The lowest BCUT2D eigenvalue weighted by molar-refractivity contribution is -0.121. The molecule has 2 aromatic rings. The van der Waals surface area contributed by atoms with Crippen molar-refractivity contribution in [2.75, 3.05) is 18.4 Å². The van der Waals surface area contributed by atoms with E-state index >= 15 is 0 Å². The quantitative estimate of drug-likeness (QED) is 0.785. The summed E-state index contributed by atoms with van der Waals surface area (Å²) in [6.45, 7) is 8.38. The summed E-state index contributed by atoms with van der Waals surface area (Å²) in [5, 5.41) is 12.5. The van der Waals surface area contributed by atoms with Gasteiger partial charge in [0.25, 0.3) is 0 Å². The van der Waals surface area contributed by atoms with Gasteiger partial charge in [0.05, 0.1) is 12.2 Å². The number of piperidine rings is 1. The van der Waals surface area contributed by atoms with Gasteiger partial charge in [0.2, 0.25) is 5.91 Å². The van der Waals surface area contributed by atoms with Crippen LogP contribution < -0.4 is 5.32 Å².